The molecule has 298 valence electrons. The Morgan fingerprint density at radius 1 is 0.260 bits per heavy atom. The third kappa shape index (κ3) is 30.9. The predicted octanol–water partition coefficient (Wildman–Crippen LogP) is 17.1. The molecule has 0 aromatic carbocycles. The molecule has 0 saturated carbocycles. The third-order valence-corrected chi connectivity index (χ3v) is 11.8. The molecule has 0 amide bonds. The van der Waals surface area contributed by atoms with Gasteiger partial charge in [-0.15, -0.1) is 0 Å². The molecule has 1 aliphatic rings. The van der Waals surface area contributed by atoms with Gasteiger partial charge in [0.15, 0.2) is 0 Å². The Bertz CT molecular complexity index is 659. The molecule has 1 atom stereocenters. The van der Waals surface area contributed by atoms with Crippen molar-refractivity contribution in [3.63, 3.8) is 0 Å². The second kappa shape index (κ2) is 39.5. The largest absolute Gasteiger partial charge is 0.356 e. The first-order valence-corrected chi connectivity index (χ1v) is 24.0. The second-order valence-corrected chi connectivity index (χ2v) is 16.8. The van der Waals surface area contributed by atoms with Crippen molar-refractivity contribution in [1.82, 2.24) is 9.80 Å². The maximum Gasteiger partial charge on any atom is 0.101 e. The summed E-state index contributed by atoms with van der Waals surface area (Å²) in [5, 5.41) is 0. The average molecular weight is 701 g/mol. The van der Waals surface area contributed by atoms with Crippen molar-refractivity contribution >= 4 is 0 Å². The zero-order valence-corrected chi connectivity index (χ0v) is 35.3. The van der Waals surface area contributed by atoms with Crippen LogP contribution in [-0.4, -0.2) is 29.1 Å². The molecule has 0 spiro atoms. The normalized spacial score (nSPS) is 14.5. The Balaban J connectivity index is 2.19. The summed E-state index contributed by atoms with van der Waals surface area (Å²) in [4.78, 5) is 5.47. The number of hydrogen-bond donors (Lipinski definition) is 0. The lowest BCUT2D eigenvalue weighted by Gasteiger charge is -2.33. The number of hydrogen-bond acceptors (Lipinski definition) is 2. The van der Waals surface area contributed by atoms with Gasteiger partial charge in [0.25, 0.3) is 0 Å². The van der Waals surface area contributed by atoms with Gasteiger partial charge in [-0.05, 0) is 25.7 Å². The number of unbranched alkanes of at least 4 members (excludes halogenated alkanes) is 36. The van der Waals surface area contributed by atoms with Crippen LogP contribution in [0.4, 0.5) is 0 Å². The van der Waals surface area contributed by atoms with Crippen LogP contribution in [0.3, 0.4) is 0 Å². The van der Waals surface area contributed by atoms with Gasteiger partial charge in [-0.25, -0.2) is 0 Å². The number of rotatable bonds is 42. The van der Waals surface area contributed by atoms with E-state index in [2.05, 4.69) is 43.0 Å². The molecule has 2 nitrogen and oxygen atoms in total. The van der Waals surface area contributed by atoms with E-state index in [1.165, 1.54) is 270 Å². The summed E-state index contributed by atoms with van der Waals surface area (Å²) in [6, 6.07) is 0. The third-order valence-electron chi connectivity index (χ3n) is 11.8. The molecule has 2 heteroatoms. The molecule has 0 saturated heterocycles. The van der Waals surface area contributed by atoms with Crippen LogP contribution in [0.1, 0.15) is 278 Å². The zero-order chi connectivity index (χ0) is 35.8. The lowest BCUT2D eigenvalue weighted by atomic mass is 10.0. The molecular formula is C48H96N2. The molecule has 0 aromatic heterocycles. The van der Waals surface area contributed by atoms with Crippen molar-refractivity contribution in [2.75, 3.05) is 13.1 Å². The summed E-state index contributed by atoms with van der Waals surface area (Å²) >= 11 is 0. The smallest absolute Gasteiger partial charge is 0.101 e. The Morgan fingerprint density at radius 3 is 0.700 bits per heavy atom. The van der Waals surface area contributed by atoms with Crippen molar-refractivity contribution in [2.24, 2.45) is 0 Å². The van der Waals surface area contributed by atoms with Crippen LogP contribution >= 0.6 is 0 Å². The first-order valence-electron chi connectivity index (χ1n) is 24.0. The molecular weight excluding hydrogens is 605 g/mol. The van der Waals surface area contributed by atoms with Gasteiger partial charge in [-0.1, -0.05) is 252 Å². The van der Waals surface area contributed by atoms with Crippen LogP contribution in [0.5, 0.6) is 0 Å². The molecule has 0 bridgehead atoms. The fraction of sp³-hybridized carbons (Fsp3) is 0.958. The molecule has 1 unspecified atom stereocenters. The van der Waals surface area contributed by atoms with E-state index in [-0.39, 0.29) is 0 Å². The predicted molar refractivity (Wildman–Crippen MR) is 228 cm³/mol. The minimum absolute atomic E-state index is 0.637. The fourth-order valence-electron chi connectivity index (χ4n) is 8.31. The average Bonchev–Trinajstić information content (AvgIpc) is 3.51. The molecule has 0 N–H and O–H groups in total. The Morgan fingerprint density at radius 2 is 0.460 bits per heavy atom. The molecule has 1 heterocycles. The van der Waals surface area contributed by atoms with Crippen LogP contribution in [0.2, 0.25) is 0 Å². The summed E-state index contributed by atoms with van der Waals surface area (Å²) in [7, 11) is 0. The molecule has 0 aromatic rings. The van der Waals surface area contributed by atoms with E-state index in [4.69, 9.17) is 0 Å². The van der Waals surface area contributed by atoms with Crippen LogP contribution < -0.4 is 0 Å². The van der Waals surface area contributed by atoms with Crippen molar-refractivity contribution in [1.29, 1.82) is 0 Å². The lowest BCUT2D eigenvalue weighted by molar-refractivity contribution is 0.135. The molecule has 0 fully saturated rings. The van der Waals surface area contributed by atoms with E-state index in [0.717, 1.165) is 0 Å². The van der Waals surface area contributed by atoms with Gasteiger partial charge in [0.1, 0.15) is 6.17 Å². The monoisotopic (exact) mass is 701 g/mol. The molecule has 0 radical (unpaired) electrons. The van der Waals surface area contributed by atoms with Gasteiger partial charge >= 0.3 is 0 Å². The van der Waals surface area contributed by atoms with Crippen LogP contribution in [-0.2, 0) is 0 Å². The van der Waals surface area contributed by atoms with Crippen molar-refractivity contribution in [3.8, 4) is 0 Å². The maximum atomic E-state index is 2.74. The molecule has 0 aliphatic carbocycles. The van der Waals surface area contributed by atoms with Gasteiger partial charge in [0.2, 0.25) is 0 Å². The lowest BCUT2D eigenvalue weighted by Crippen LogP contribution is -2.39. The highest BCUT2D eigenvalue weighted by Gasteiger charge is 2.24. The highest BCUT2D eigenvalue weighted by atomic mass is 15.4. The van der Waals surface area contributed by atoms with E-state index >= 15 is 0 Å². The molecule has 50 heavy (non-hydrogen) atoms. The van der Waals surface area contributed by atoms with Gasteiger partial charge in [-0.2, -0.15) is 0 Å². The van der Waals surface area contributed by atoms with E-state index in [9.17, 15) is 0 Å². The topological polar surface area (TPSA) is 6.48 Å². The maximum absolute atomic E-state index is 2.74. The standard InChI is InChI=1S/C48H96N2/c1-4-7-10-13-16-19-22-24-25-26-27-29-31-34-37-40-43-48-49(44-41-38-35-32-21-18-15-12-9-6-3)46-47-50(48)45-42-39-36-33-30-28-23-20-17-14-11-8-5-2/h46-48H,4-45H2,1-3H3. The SMILES string of the molecule is CCCCCCCCCCCCCCCCCCC1N(CCCCCCCCCCCC)C=CN1CCCCCCCCCCCCCCC. The molecule has 1 aliphatic heterocycles. The Hall–Kier alpha value is -0.660. The van der Waals surface area contributed by atoms with Gasteiger partial charge in [0, 0.05) is 25.5 Å². The van der Waals surface area contributed by atoms with E-state index in [1.54, 1.807) is 0 Å². The highest BCUT2D eigenvalue weighted by Crippen LogP contribution is 2.24. The quantitative estimate of drug-likeness (QED) is 0.0585. The summed E-state index contributed by atoms with van der Waals surface area (Å²) < 4.78 is 0. The van der Waals surface area contributed by atoms with E-state index in [0.29, 0.717) is 6.17 Å². The molecule has 1 rings (SSSR count). The zero-order valence-electron chi connectivity index (χ0n) is 35.3. The van der Waals surface area contributed by atoms with Gasteiger partial charge in [0.05, 0.1) is 0 Å². The fourth-order valence-corrected chi connectivity index (χ4v) is 8.31. The summed E-state index contributed by atoms with van der Waals surface area (Å²) in [6.07, 6.45) is 63.4. The summed E-state index contributed by atoms with van der Waals surface area (Å²) in [5.74, 6) is 0. The van der Waals surface area contributed by atoms with E-state index in [1.807, 2.05) is 0 Å². The van der Waals surface area contributed by atoms with Crippen LogP contribution in [0, 0.1) is 0 Å². The summed E-state index contributed by atoms with van der Waals surface area (Å²) in [5.41, 5.74) is 0. The number of nitrogens with zero attached hydrogens (tertiary/aromatic N) is 2. The first-order chi connectivity index (χ1) is 24.8. The highest BCUT2D eigenvalue weighted by molar-refractivity contribution is 4.97. The Labute approximate surface area is 318 Å². The van der Waals surface area contributed by atoms with Crippen molar-refractivity contribution < 1.29 is 0 Å². The van der Waals surface area contributed by atoms with Crippen LogP contribution in [0.15, 0.2) is 12.4 Å². The van der Waals surface area contributed by atoms with Crippen molar-refractivity contribution in [2.45, 2.75) is 284 Å². The second-order valence-electron chi connectivity index (χ2n) is 16.8. The summed E-state index contributed by atoms with van der Waals surface area (Å²) in [6.45, 7) is 9.49. The van der Waals surface area contributed by atoms with Crippen LogP contribution in [0.25, 0.3) is 0 Å². The Kier molecular flexibility index (Phi) is 37.5. The van der Waals surface area contributed by atoms with Gasteiger partial charge in [-0.3, -0.25) is 0 Å². The van der Waals surface area contributed by atoms with Gasteiger partial charge < -0.3 is 9.80 Å². The minimum Gasteiger partial charge on any atom is -0.356 e. The van der Waals surface area contributed by atoms with E-state index < -0.39 is 0 Å². The minimum atomic E-state index is 0.637. The first kappa shape index (κ1) is 47.4. The van der Waals surface area contributed by atoms with Crippen molar-refractivity contribution in [3.05, 3.63) is 12.4 Å².